The lowest BCUT2D eigenvalue weighted by Crippen LogP contribution is -2.17. The molecule has 0 atom stereocenters. The summed E-state index contributed by atoms with van der Waals surface area (Å²) in [6, 6.07) is 13.5. The lowest BCUT2D eigenvalue weighted by molar-refractivity contribution is -0.115. The topological polar surface area (TPSA) is 109 Å². The van der Waals surface area contributed by atoms with Crippen molar-refractivity contribution in [2.75, 3.05) is 5.32 Å². The molecule has 1 aromatic carbocycles. The molecule has 1 N–H and O–H groups in total. The van der Waals surface area contributed by atoms with E-state index in [4.69, 9.17) is 0 Å². The Morgan fingerprint density at radius 1 is 0.971 bits per heavy atom. The van der Waals surface area contributed by atoms with Crippen molar-refractivity contribution in [2.24, 2.45) is 7.05 Å². The van der Waals surface area contributed by atoms with Gasteiger partial charge in [0.15, 0.2) is 0 Å². The third kappa shape index (κ3) is 5.51. The number of nitrogens with zero attached hydrogens (tertiary/aromatic N) is 6. The number of anilines is 1. The summed E-state index contributed by atoms with van der Waals surface area (Å²) in [5, 5.41) is 16.2. The molecule has 8 nitrogen and oxygen atoms in total. The molecular weight excluding hydrogens is 426 g/mol. The highest BCUT2D eigenvalue weighted by molar-refractivity contribution is 5.92. The molecule has 0 saturated carbocycles. The first-order valence-electron chi connectivity index (χ1n) is 10.9. The zero-order chi connectivity index (χ0) is 24.1. The lowest BCUT2D eigenvalue weighted by Gasteiger charge is -2.14. The van der Waals surface area contributed by atoms with E-state index in [1.165, 1.54) is 0 Å². The Hall–Kier alpha value is -4.38. The molecule has 3 aromatic heterocycles. The maximum atomic E-state index is 12.4. The summed E-state index contributed by atoms with van der Waals surface area (Å²) in [4.78, 5) is 25.7. The minimum absolute atomic E-state index is 0.134. The van der Waals surface area contributed by atoms with Gasteiger partial charge in [0.1, 0.15) is 5.82 Å². The summed E-state index contributed by atoms with van der Waals surface area (Å²) in [5.41, 5.74) is 4.45. The van der Waals surface area contributed by atoms with E-state index >= 15 is 0 Å². The van der Waals surface area contributed by atoms with Crippen molar-refractivity contribution in [3.63, 3.8) is 0 Å². The van der Waals surface area contributed by atoms with Crippen molar-refractivity contribution >= 4 is 11.6 Å². The molecule has 8 heteroatoms. The number of nitrogens with one attached hydrogen (secondary N) is 1. The van der Waals surface area contributed by atoms with Crippen molar-refractivity contribution in [1.29, 1.82) is 5.26 Å². The zero-order valence-electron chi connectivity index (χ0n) is 19.4. The van der Waals surface area contributed by atoms with Crippen molar-refractivity contribution < 1.29 is 4.79 Å². The number of hydrogen-bond donors (Lipinski definition) is 1. The van der Waals surface area contributed by atoms with E-state index < -0.39 is 5.41 Å². The van der Waals surface area contributed by atoms with Crippen LogP contribution in [0.15, 0.2) is 67.4 Å². The monoisotopic (exact) mass is 451 g/mol. The predicted molar refractivity (Wildman–Crippen MR) is 129 cm³/mol. The first kappa shape index (κ1) is 22.8. The van der Waals surface area contributed by atoms with E-state index in [0.717, 1.165) is 28.1 Å². The van der Waals surface area contributed by atoms with Crippen LogP contribution in [0, 0.1) is 11.3 Å². The van der Waals surface area contributed by atoms with Gasteiger partial charge in [-0.25, -0.2) is 9.97 Å². The van der Waals surface area contributed by atoms with E-state index in [1.807, 2.05) is 56.1 Å². The highest BCUT2D eigenvalue weighted by Crippen LogP contribution is 2.22. The van der Waals surface area contributed by atoms with Crippen LogP contribution in [0.25, 0.3) is 11.1 Å². The molecule has 0 spiro atoms. The average Bonchev–Trinajstić information content (AvgIpc) is 3.25. The van der Waals surface area contributed by atoms with Gasteiger partial charge in [-0.1, -0.05) is 24.3 Å². The van der Waals surface area contributed by atoms with Crippen LogP contribution in [0.2, 0.25) is 0 Å². The highest BCUT2D eigenvalue weighted by Gasteiger charge is 2.21. The number of rotatable bonds is 7. The molecule has 0 aliphatic heterocycles. The van der Waals surface area contributed by atoms with Crippen LogP contribution in [0.3, 0.4) is 0 Å². The van der Waals surface area contributed by atoms with Crippen molar-refractivity contribution in [3.8, 4) is 17.2 Å². The summed E-state index contributed by atoms with van der Waals surface area (Å²) in [6.07, 6.45) is 9.84. The van der Waals surface area contributed by atoms with Crippen LogP contribution in [-0.4, -0.2) is 30.6 Å². The fraction of sp³-hybridized carbons (Fsp3) is 0.231. The molecule has 3 heterocycles. The number of pyridine rings is 1. The third-order valence-corrected chi connectivity index (χ3v) is 5.44. The molecule has 0 unspecified atom stereocenters. The Morgan fingerprint density at radius 3 is 2.29 bits per heavy atom. The Morgan fingerprint density at radius 2 is 1.71 bits per heavy atom. The number of nitriles is 1. The number of aromatic nitrogens is 5. The molecule has 0 bridgehead atoms. The Balaban J connectivity index is 1.34. The van der Waals surface area contributed by atoms with Gasteiger partial charge in [-0.15, -0.1) is 0 Å². The maximum absolute atomic E-state index is 12.4. The second-order valence-electron chi connectivity index (χ2n) is 8.68. The van der Waals surface area contributed by atoms with E-state index in [9.17, 15) is 10.1 Å². The van der Waals surface area contributed by atoms with E-state index in [1.54, 1.807) is 36.9 Å². The van der Waals surface area contributed by atoms with E-state index in [-0.39, 0.29) is 12.3 Å². The minimum atomic E-state index is -0.672. The Kier molecular flexibility index (Phi) is 6.46. The van der Waals surface area contributed by atoms with Gasteiger partial charge in [-0.05, 0) is 42.7 Å². The summed E-state index contributed by atoms with van der Waals surface area (Å²) < 4.78 is 1.76. The number of amides is 1. The molecule has 4 rings (SSSR count). The van der Waals surface area contributed by atoms with Gasteiger partial charge in [0.2, 0.25) is 5.91 Å². The second kappa shape index (κ2) is 9.63. The SMILES string of the molecule is Cn1cc(Cc2ncc(-c3ccc(CC(=O)Nc4ccc(C(C)(C)C#N)nc4)cc3)cn2)cn1. The van der Waals surface area contributed by atoms with Crippen LogP contribution in [0.1, 0.15) is 36.5 Å². The van der Waals surface area contributed by atoms with E-state index in [0.29, 0.717) is 17.8 Å². The highest BCUT2D eigenvalue weighted by atomic mass is 16.1. The molecular formula is C26H25N7O. The number of carbonyl (C=O) groups is 1. The van der Waals surface area contributed by atoms with Crippen molar-refractivity contribution in [3.05, 3.63) is 90.0 Å². The van der Waals surface area contributed by atoms with Gasteiger partial charge in [-0.3, -0.25) is 14.5 Å². The molecule has 0 fully saturated rings. The maximum Gasteiger partial charge on any atom is 0.228 e. The van der Waals surface area contributed by atoms with Crippen molar-refractivity contribution in [1.82, 2.24) is 24.7 Å². The van der Waals surface area contributed by atoms with Gasteiger partial charge in [0.25, 0.3) is 0 Å². The van der Waals surface area contributed by atoms with Crippen molar-refractivity contribution in [2.45, 2.75) is 32.1 Å². The quantitative estimate of drug-likeness (QED) is 0.457. The molecule has 0 aliphatic rings. The number of aryl methyl sites for hydroxylation is 1. The Bertz CT molecular complexity index is 1320. The average molecular weight is 452 g/mol. The molecule has 170 valence electrons. The fourth-order valence-corrected chi connectivity index (χ4v) is 3.44. The molecule has 0 aliphatic carbocycles. The fourth-order valence-electron chi connectivity index (χ4n) is 3.44. The van der Waals surface area contributed by atoms with Crippen LogP contribution < -0.4 is 5.32 Å². The first-order chi connectivity index (χ1) is 16.3. The van der Waals surface area contributed by atoms with Gasteiger partial charge >= 0.3 is 0 Å². The Labute approximate surface area is 198 Å². The zero-order valence-corrected chi connectivity index (χ0v) is 19.4. The van der Waals surface area contributed by atoms with Gasteiger partial charge in [0, 0.05) is 37.6 Å². The van der Waals surface area contributed by atoms with Gasteiger partial charge in [-0.2, -0.15) is 10.4 Å². The standard InChI is InChI=1S/C26H25N7O/c1-26(2,17-27)23-9-8-22(15-28-23)32-25(34)11-18-4-6-20(7-5-18)21-13-29-24(30-14-21)10-19-12-31-33(3)16-19/h4-9,12-16H,10-11H2,1-3H3,(H,32,34). The van der Waals surface area contributed by atoms with Crippen LogP contribution in [-0.2, 0) is 30.1 Å². The first-order valence-corrected chi connectivity index (χ1v) is 10.9. The number of carbonyl (C=O) groups excluding carboxylic acids is 1. The van der Waals surface area contributed by atoms with Crippen LogP contribution >= 0.6 is 0 Å². The smallest absolute Gasteiger partial charge is 0.228 e. The van der Waals surface area contributed by atoms with Crippen LogP contribution in [0.4, 0.5) is 5.69 Å². The van der Waals surface area contributed by atoms with Gasteiger partial charge < -0.3 is 5.32 Å². The second-order valence-corrected chi connectivity index (χ2v) is 8.68. The normalized spacial score (nSPS) is 11.1. The number of hydrogen-bond acceptors (Lipinski definition) is 6. The third-order valence-electron chi connectivity index (χ3n) is 5.44. The summed E-state index contributed by atoms with van der Waals surface area (Å²) >= 11 is 0. The minimum Gasteiger partial charge on any atom is -0.324 e. The van der Waals surface area contributed by atoms with Crippen LogP contribution in [0.5, 0.6) is 0 Å². The van der Waals surface area contributed by atoms with Gasteiger partial charge in [0.05, 0.1) is 41.7 Å². The largest absolute Gasteiger partial charge is 0.324 e. The summed E-state index contributed by atoms with van der Waals surface area (Å²) in [7, 11) is 1.88. The molecule has 4 aromatic rings. The summed E-state index contributed by atoms with van der Waals surface area (Å²) in [5.74, 6) is 0.605. The molecule has 0 radical (unpaired) electrons. The lowest BCUT2D eigenvalue weighted by atomic mass is 9.91. The number of benzene rings is 1. The molecule has 1 amide bonds. The molecule has 34 heavy (non-hydrogen) atoms. The molecule has 0 saturated heterocycles. The predicted octanol–water partition coefficient (Wildman–Crippen LogP) is 3.85. The summed E-state index contributed by atoms with van der Waals surface area (Å²) in [6.45, 7) is 3.61. The van der Waals surface area contributed by atoms with E-state index in [2.05, 4.69) is 31.4 Å².